The number of pyridine rings is 1. The molecule has 3 aromatic rings. The van der Waals surface area contributed by atoms with Crippen LogP contribution in [-0.4, -0.2) is 40.5 Å². The van der Waals surface area contributed by atoms with Crippen molar-refractivity contribution in [2.75, 3.05) is 26.2 Å². The maximum absolute atomic E-state index is 13.2. The first-order valence-corrected chi connectivity index (χ1v) is 9.07. The molecule has 142 valence electrons. The Morgan fingerprint density at radius 3 is 2.41 bits per heavy atom. The topological polar surface area (TPSA) is 32.6 Å². The van der Waals surface area contributed by atoms with E-state index in [0.717, 1.165) is 49.7 Å². The normalized spacial score (nSPS) is 16.1. The van der Waals surface area contributed by atoms with Crippen molar-refractivity contribution in [3.63, 3.8) is 0 Å². The van der Waals surface area contributed by atoms with Crippen LogP contribution in [0, 0.1) is 0 Å². The van der Waals surface area contributed by atoms with Crippen LogP contribution in [0.4, 0.5) is 13.2 Å². The Kier molecular flexibility index (Phi) is 4.84. The van der Waals surface area contributed by atoms with Gasteiger partial charge in [-0.2, -0.15) is 13.2 Å². The van der Waals surface area contributed by atoms with Gasteiger partial charge in [-0.15, -0.1) is 0 Å². The molecular formula is C19H18ClF3N4. The third kappa shape index (κ3) is 3.81. The summed E-state index contributed by atoms with van der Waals surface area (Å²) in [5.74, 6) is 0. The van der Waals surface area contributed by atoms with E-state index >= 15 is 0 Å². The molecule has 1 aromatic carbocycles. The van der Waals surface area contributed by atoms with Gasteiger partial charge in [-0.3, -0.25) is 4.90 Å². The molecule has 3 heterocycles. The van der Waals surface area contributed by atoms with E-state index in [-0.39, 0.29) is 0 Å². The number of nitrogens with one attached hydrogen (secondary N) is 1. The summed E-state index contributed by atoms with van der Waals surface area (Å²) in [6.45, 7) is 3.93. The first kappa shape index (κ1) is 18.3. The summed E-state index contributed by atoms with van der Waals surface area (Å²) in [7, 11) is 0. The summed E-state index contributed by atoms with van der Waals surface area (Å²) in [5, 5.41) is 3.89. The van der Waals surface area contributed by atoms with Crippen LogP contribution in [0.1, 0.15) is 11.3 Å². The molecule has 1 saturated heterocycles. The Labute approximate surface area is 159 Å². The number of rotatable bonds is 3. The zero-order valence-electron chi connectivity index (χ0n) is 14.4. The first-order valence-electron chi connectivity index (χ1n) is 8.69. The lowest BCUT2D eigenvalue weighted by Gasteiger charge is -2.27. The van der Waals surface area contributed by atoms with Crippen molar-refractivity contribution in [1.29, 1.82) is 0 Å². The Balaban J connectivity index is 1.84. The monoisotopic (exact) mass is 394 g/mol. The second kappa shape index (κ2) is 7.14. The maximum atomic E-state index is 13.2. The number of aromatic nitrogens is 2. The van der Waals surface area contributed by atoms with Crippen LogP contribution in [0.15, 0.2) is 42.6 Å². The fourth-order valence-electron chi connectivity index (χ4n) is 3.33. The van der Waals surface area contributed by atoms with Gasteiger partial charge in [0, 0.05) is 49.5 Å². The van der Waals surface area contributed by atoms with Crippen LogP contribution < -0.4 is 5.32 Å². The molecule has 0 radical (unpaired) electrons. The molecule has 0 unspecified atom stereocenters. The highest BCUT2D eigenvalue weighted by Gasteiger charge is 2.31. The quantitative estimate of drug-likeness (QED) is 0.726. The Morgan fingerprint density at radius 1 is 1.04 bits per heavy atom. The number of alkyl halides is 3. The van der Waals surface area contributed by atoms with Gasteiger partial charge in [0.15, 0.2) is 0 Å². The molecule has 1 aliphatic rings. The molecule has 1 fully saturated rings. The molecule has 0 saturated carbocycles. The summed E-state index contributed by atoms with van der Waals surface area (Å²) in [5.41, 5.74) is 2.08. The van der Waals surface area contributed by atoms with Gasteiger partial charge in [0.25, 0.3) is 0 Å². The number of benzene rings is 1. The van der Waals surface area contributed by atoms with E-state index in [4.69, 9.17) is 11.6 Å². The second-order valence-corrected chi connectivity index (χ2v) is 7.02. The maximum Gasteiger partial charge on any atom is 0.417 e. The van der Waals surface area contributed by atoms with Gasteiger partial charge >= 0.3 is 6.18 Å². The van der Waals surface area contributed by atoms with Crippen LogP contribution in [0.5, 0.6) is 0 Å². The molecule has 0 aliphatic carbocycles. The number of halogens is 4. The highest BCUT2D eigenvalue weighted by atomic mass is 35.5. The van der Waals surface area contributed by atoms with Crippen molar-refractivity contribution in [2.45, 2.75) is 12.7 Å². The minimum Gasteiger partial charge on any atom is -0.314 e. The number of hydrogen-bond donors (Lipinski definition) is 1. The van der Waals surface area contributed by atoms with Crippen LogP contribution >= 0.6 is 11.6 Å². The average Bonchev–Trinajstić information content (AvgIpc) is 3.00. The minimum absolute atomic E-state index is 0.498. The van der Waals surface area contributed by atoms with Crippen LogP contribution in [0.2, 0.25) is 5.02 Å². The fraction of sp³-hybridized carbons (Fsp3) is 0.316. The second-order valence-electron chi connectivity index (χ2n) is 6.58. The molecule has 27 heavy (non-hydrogen) atoms. The van der Waals surface area contributed by atoms with Crippen molar-refractivity contribution in [3.05, 3.63) is 58.9 Å². The summed E-state index contributed by atoms with van der Waals surface area (Å²) in [4.78, 5) is 6.83. The molecule has 0 spiro atoms. The van der Waals surface area contributed by atoms with Gasteiger partial charge in [0.2, 0.25) is 0 Å². The third-order valence-corrected chi connectivity index (χ3v) is 5.00. The van der Waals surface area contributed by atoms with Crippen LogP contribution in [0.3, 0.4) is 0 Å². The van der Waals surface area contributed by atoms with E-state index in [9.17, 15) is 13.2 Å². The van der Waals surface area contributed by atoms with Gasteiger partial charge in [-0.05, 0) is 24.3 Å². The SMILES string of the molecule is FC(F)(F)c1ccc2nc(-c3ccc(Cl)cc3)c(CN3CCNCC3)n2c1. The summed E-state index contributed by atoms with van der Waals surface area (Å²) in [6, 6.07) is 9.70. The average molecular weight is 395 g/mol. The Morgan fingerprint density at radius 2 is 1.74 bits per heavy atom. The molecular weight excluding hydrogens is 377 g/mol. The first-order chi connectivity index (χ1) is 12.9. The number of piperazine rings is 1. The van der Waals surface area contributed by atoms with E-state index in [1.54, 1.807) is 16.5 Å². The zero-order valence-corrected chi connectivity index (χ0v) is 15.2. The molecule has 8 heteroatoms. The highest BCUT2D eigenvalue weighted by Crippen LogP contribution is 2.32. The number of fused-ring (bicyclic) bond motifs is 1. The van der Waals surface area contributed by atoms with Crippen molar-refractivity contribution >= 4 is 17.2 Å². The van der Waals surface area contributed by atoms with Gasteiger partial charge < -0.3 is 9.72 Å². The fourth-order valence-corrected chi connectivity index (χ4v) is 3.46. The van der Waals surface area contributed by atoms with Gasteiger partial charge in [0.05, 0.1) is 17.0 Å². The molecule has 1 aliphatic heterocycles. The van der Waals surface area contributed by atoms with Crippen LogP contribution in [-0.2, 0) is 12.7 Å². The number of imidazole rings is 1. The van der Waals surface area contributed by atoms with Crippen molar-refractivity contribution in [1.82, 2.24) is 19.6 Å². The summed E-state index contributed by atoms with van der Waals surface area (Å²) >= 11 is 5.98. The molecule has 2 aromatic heterocycles. The summed E-state index contributed by atoms with van der Waals surface area (Å²) in [6.07, 6.45) is -3.26. The van der Waals surface area contributed by atoms with Crippen molar-refractivity contribution in [3.8, 4) is 11.3 Å². The largest absolute Gasteiger partial charge is 0.417 e. The van der Waals surface area contributed by atoms with Gasteiger partial charge in [-0.25, -0.2) is 4.98 Å². The zero-order chi connectivity index (χ0) is 19.0. The van der Waals surface area contributed by atoms with E-state index in [2.05, 4.69) is 15.2 Å². The predicted octanol–water partition coefficient (Wildman–Crippen LogP) is 4.08. The van der Waals surface area contributed by atoms with E-state index < -0.39 is 11.7 Å². The lowest BCUT2D eigenvalue weighted by Crippen LogP contribution is -2.43. The van der Waals surface area contributed by atoms with Crippen molar-refractivity contribution in [2.24, 2.45) is 0 Å². The highest BCUT2D eigenvalue weighted by molar-refractivity contribution is 6.30. The van der Waals surface area contributed by atoms with Gasteiger partial charge in [-0.1, -0.05) is 23.7 Å². The smallest absolute Gasteiger partial charge is 0.314 e. The summed E-state index contributed by atoms with van der Waals surface area (Å²) < 4.78 is 41.2. The lowest BCUT2D eigenvalue weighted by atomic mass is 10.1. The molecule has 4 rings (SSSR count). The number of hydrogen-bond acceptors (Lipinski definition) is 3. The number of nitrogens with zero attached hydrogens (tertiary/aromatic N) is 3. The van der Waals surface area contributed by atoms with Gasteiger partial charge in [0.1, 0.15) is 5.65 Å². The van der Waals surface area contributed by atoms with E-state index in [0.29, 0.717) is 22.9 Å². The Hall–Kier alpha value is -2.09. The molecule has 0 amide bonds. The lowest BCUT2D eigenvalue weighted by molar-refractivity contribution is -0.137. The molecule has 4 nitrogen and oxygen atoms in total. The molecule has 0 bridgehead atoms. The Bertz CT molecular complexity index is 944. The van der Waals surface area contributed by atoms with Crippen LogP contribution in [0.25, 0.3) is 16.9 Å². The van der Waals surface area contributed by atoms with E-state index in [1.165, 1.54) is 6.07 Å². The van der Waals surface area contributed by atoms with Crippen molar-refractivity contribution < 1.29 is 13.2 Å². The predicted molar refractivity (Wildman–Crippen MR) is 98.8 cm³/mol. The van der Waals surface area contributed by atoms with E-state index in [1.807, 2.05) is 12.1 Å². The molecule has 1 N–H and O–H groups in total. The third-order valence-electron chi connectivity index (χ3n) is 4.75. The molecule has 0 atom stereocenters. The minimum atomic E-state index is -4.40. The standard InChI is InChI=1S/C19H18ClF3N4/c20-15-4-1-13(2-5-15)18-16(12-26-9-7-24-8-10-26)27-11-14(19(21,22)23)3-6-17(27)25-18/h1-6,11,24H,7-10,12H2.